The maximum atomic E-state index is 11.3. The normalized spacial score (nSPS) is 12.2. The van der Waals surface area contributed by atoms with Gasteiger partial charge in [-0.3, -0.25) is 4.99 Å². The first-order valence-electron chi connectivity index (χ1n) is 6.61. The van der Waals surface area contributed by atoms with E-state index < -0.39 is 10.0 Å². The van der Waals surface area contributed by atoms with Gasteiger partial charge in [-0.25, -0.2) is 13.6 Å². The summed E-state index contributed by atoms with van der Waals surface area (Å²) in [6.45, 7) is 4.29. The smallest absolute Gasteiger partial charge is 0.238 e. The molecule has 0 aliphatic heterocycles. The van der Waals surface area contributed by atoms with Gasteiger partial charge in [-0.15, -0.1) is 0 Å². The van der Waals surface area contributed by atoms with Crippen molar-refractivity contribution >= 4 is 16.0 Å². The number of benzene rings is 1. The summed E-state index contributed by atoms with van der Waals surface area (Å²) in [7, 11) is -2.02. The number of rotatable bonds is 7. The molecule has 1 aromatic carbocycles. The summed E-state index contributed by atoms with van der Waals surface area (Å²) in [4.78, 5) is 4.17. The largest absolute Gasteiger partial charge is 0.380 e. The molecule has 1 aromatic rings. The minimum Gasteiger partial charge on any atom is -0.380 e. The van der Waals surface area contributed by atoms with Crippen LogP contribution in [0.3, 0.4) is 0 Å². The van der Waals surface area contributed by atoms with Crippen molar-refractivity contribution in [3.63, 3.8) is 0 Å². The van der Waals surface area contributed by atoms with E-state index in [1.54, 1.807) is 13.1 Å². The van der Waals surface area contributed by atoms with Crippen LogP contribution in [-0.4, -0.2) is 41.2 Å². The number of ether oxygens (including phenoxy) is 1. The molecular weight excluding hydrogens is 292 g/mol. The molecule has 0 heterocycles. The van der Waals surface area contributed by atoms with Gasteiger partial charge >= 0.3 is 0 Å². The van der Waals surface area contributed by atoms with Crippen LogP contribution < -0.4 is 15.8 Å². The lowest BCUT2D eigenvalue weighted by molar-refractivity contribution is 0.152. The molecule has 7 nitrogen and oxygen atoms in total. The number of primary sulfonamides is 1. The topological polar surface area (TPSA) is 106 Å². The standard InChI is InChI=1S/C13H22N4O3S/c1-3-20-8-7-16-13(15-2)17-10-11-5-4-6-12(9-11)21(14,18)19/h4-6,9H,3,7-8,10H2,1-2H3,(H2,14,18,19)(H2,15,16,17). The van der Waals surface area contributed by atoms with Crippen LogP contribution in [0.15, 0.2) is 34.2 Å². The van der Waals surface area contributed by atoms with Gasteiger partial charge in [0.25, 0.3) is 0 Å². The van der Waals surface area contributed by atoms with Gasteiger partial charge < -0.3 is 15.4 Å². The molecule has 0 atom stereocenters. The van der Waals surface area contributed by atoms with Crippen LogP contribution in [0, 0.1) is 0 Å². The van der Waals surface area contributed by atoms with Crippen LogP contribution in [0.25, 0.3) is 0 Å². The molecule has 4 N–H and O–H groups in total. The van der Waals surface area contributed by atoms with E-state index in [0.717, 1.165) is 5.56 Å². The molecule has 0 amide bonds. The highest BCUT2D eigenvalue weighted by Gasteiger charge is 2.08. The van der Waals surface area contributed by atoms with Crippen molar-refractivity contribution in [3.05, 3.63) is 29.8 Å². The summed E-state index contributed by atoms with van der Waals surface area (Å²) in [5.74, 6) is 0.621. The second-order valence-corrected chi connectivity index (χ2v) is 5.80. The zero-order valence-electron chi connectivity index (χ0n) is 12.3. The van der Waals surface area contributed by atoms with Crippen molar-refractivity contribution < 1.29 is 13.2 Å². The number of aliphatic imine (C=N–C) groups is 1. The summed E-state index contributed by atoms with van der Waals surface area (Å²) < 4.78 is 27.8. The summed E-state index contributed by atoms with van der Waals surface area (Å²) in [5.41, 5.74) is 0.800. The number of hydrogen-bond acceptors (Lipinski definition) is 4. The average Bonchev–Trinajstić information content (AvgIpc) is 2.46. The number of sulfonamides is 1. The summed E-state index contributed by atoms with van der Waals surface area (Å²) in [6.07, 6.45) is 0. The van der Waals surface area contributed by atoms with Crippen molar-refractivity contribution in [1.82, 2.24) is 10.6 Å². The van der Waals surface area contributed by atoms with Gasteiger partial charge in [0, 0.05) is 26.7 Å². The van der Waals surface area contributed by atoms with Gasteiger partial charge in [-0.05, 0) is 24.6 Å². The Morgan fingerprint density at radius 1 is 1.38 bits per heavy atom. The van der Waals surface area contributed by atoms with Crippen molar-refractivity contribution in [1.29, 1.82) is 0 Å². The molecule has 0 saturated heterocycles. The van der Waals surface area contributed by atoms with E-state index in [2.05, 4.69) is 15.6 Å². The highest BCUT2D eigenvalue weighted by Crippen LogP contribution is 2.09. The number of guanidine groups is 1. The number of nitrogens with zero attached hydrogens (tertiary/aromatic N) is 1. The summed E-state index contributed by atoms with van der Waals surface area (Å²) in [5, 5.41) is 11.3. The molecule has 0 aliphatic rings. The van der Waals surface area contributed by atoms with Crippen LogP contribution >= 0.6 is 0 Å². The van der Waals surface area contributed by atoms with Crippen LogP contribution in [-0.2, 0) is 21.3 Å². The first kappa shape index (κ1) is 17.4. The minimum absolute atomic E-state index is 0.0982. The Hall–Kier alpha value is -1.64. The maximum Gasteiger partial charge on any atom is 0.238 e. The third-order valence-electron chi connectivity index (χ3n) is 2.65. The van der Waals surface area contributed by atoms with Crippen LogP contribution in [0.2, 0.25) is 0 Å². The lowest BCUT2D eigenvalue weighted by Gasteiger charge is -2.12. The van der Waals surface area contributed by atoms with Crippen molar-refractivity contribution in [2.45, 2.75) is 18.4 Å². The summed E-state index contributed by atoms with van der Waals surface area (Å²) in [6, 6.07) is 6.47. The summed E-state index contributed by atoms with van der Waals surface area (Å²) >= 11 is 0. The Bertz CT molecular complexity index is 573. The van der Waals surface area contributed by atoms with Crippen LogP contribution in [0.4, 0.5) is 0 Å². The second kappa shape index (κ2) is 8.60. The fourth-order valence-electron chi connectivity index (χ4n) is 1.62. The van der Waals surface area contributed by atoms with E-state index in [9.17, 15) is 8.42 Å². The molecule has 118 valence electrons. The third-order valence-corrected chi connectivity index (χ3v) is 3.56. The number of nitrogens with two attached hydrogens (primary N) is 1. The molecule has 0 fully saturated rings. The Kier molecular flexibility index (Phi) is 7.13. The first-order chi connectivity index (χ1) is 9.97. The minimum atomic E-state index is -3.68. The molecule has 0 aromatic heterocycles. The SMILES string of the molecule is CCOCCNC(=NC)NCc1cccc(S(N)(=O)=O)c1. The zero-order chi connectivity index (χ0) is 15.7. The predicted octanol–water partition coefficient (Wildman–Crippen LogP) is 0.0355. The van der Waals surface area contributed by atoms with Gasteiger partial charge in [0.1, 0.15) is 0 Å². The highest BCUT2D eigenvalue weighted by atomic mass is 32.2. The molecule has 0 spiro atoms. The van der Waals surface area contributed by atoms with E-state index >= 15 is 0 Å². The van der Waals surface area contributed by atoms with Gasteiger partial charge in [0.2, 0.25) is 10.0 Å². The maximum absolute atomic E-state index is 11.3. The van der Waals surface area contributed by atoms with Crippen molar-refractivity contribution in [2.24, 2.45) is 10.1 Å². The molecule has 8 heteroatoms. The molecule has 0 radical (unpaired) electrons. The number of hydrogen-bond donors (Lipinski definition) is 3. The van der Waals surface area contributed by atoms with Crippen molar-refractivity contribution in [3.8, 4) is 0 Å². The molecule has 1 rings (SSSR count). The quantitative estimate of drug-likeness (QED) is 0.374. The molecule has 0 aliphatic carbocycles. The zero-order valence-corrected chi connectivity index (χ0v) is 13.1. The Morgan fingerprint density at radius 2 is 2.14 bits per heavy atom. The van der Waals surface area contributed by atoms with E-state index in [1.807, 2.05) is 13.0 Å². The molecule has 0 bridgehead atoms. The Morgan fingerprint density at radius 3 is 2.76 bits per heavy atom. The van der Waals surface area contributed by atoms with Crippen LogP contribution in [0.1, 0.15) is 12.5 Å². The van der Waals surface area contributed by atoms with Gasteiger partial charge in [0.05, 0.1) is 11.5 Å². The second-order valence-electron chi connectivity index (χ2n) is 4.24. The Balaban J connectivity index is 2.54. The monoisotopic (exact) mass is 314 g/mol. The van der Waals surface area contributed by atoms with Crippen LogP contribution in [0.5, 0.6) is 0 Å². The lowest BCUT2D eigenvalue weighted by atomic mass is 10.2. The fraction of sp³-hybridized carbons (Fsp3) is 0.462. The van der Waals surface area contributed by atoms with Crippen molar-refractivity contribution in [2.75, 3.05) is 26.8 Å². The fourth-order valence-corrected chi connectivity index (χ4v) is 2.21. The highest BCUT2D eigenvalue weighted by molar-refractivity contribution is 7.89. The Labute approximate surface area is 125 Å². The molecular formula is C13H22N4O3S. The average molecular weight is 314 g/mol. The van der Waals surface area contributed by atoms with E-state index in [1.165, 1.54) is 12.1 Å². The molecule has 0 unspecified atom stereocenters. The van der Waals surface area contributed by atoms with Gasteiger partial charge in [-0.2, -0.15) is 0 Å². The first-order valence-corrected chi connectivity index (χ1v) is 8.16. The van der Waals surface area contributed by atoms with E-state index in [4.69, 9.17) is 9.88 Å². The molecule has 21 heavy (non-hydrogen) atoms. The van der Waals surface area contributed by atoms with E-state index in [0.29, 0.717) is 32.3 Å². The lowest BCUT2D eigenvalue weighted by Crippen LogP contribution is -2.38. The van der Waals surface area contributed by atoms with Gasteiger partial charge in [-0.1, -0.05) is 12.1 Å². The van der Waals surface area contributed by atoms with Gasteiger partial charge in [0.15, 0.2) is 5.96 Å². The predicted molar refractivity (Wildman–Crippen MR) is 82.5 cm³/mol. The molecule has 0 saturated carbocycles. The third kappa shape index (κ3) is 6.56. The van der Waals surface area contributed by atoms with E-state index in [-0.39, 0.29) is 4.90 Å². The number of nitrogens with one attached hydrogen (secondary N) is 2.